The van der Waals surface area contributed by atoms with Crippen molar-refractivity contribution >= 4 is 26.8 Å². The number of benzene rings is 3. The minimum atomic E-state index is -4.15. The van der Waals surface area contributed by atoms with E-state index in [0.29, 0.717) is 22.5 Å². The minimum Gasteiger partial charge on any atom is -0.497 e. The minimum absolute atomic E-state index is 0.0213. The highest BCUT2D eigenvalue weighted by Crippen LogP contribution is 2.40. The van der Waals surface area contributed by atoms with Crippen LogP contribution in [0.5, 0.6) is 23.0 Å². The first-order valence-electron chi connectivity index (χ1n) is 9.77. The highest BCUT2D eigenvalue weighted by Gasteiger charge is 2.28. The molecule has 0 radical (unpaired) electrons. The van der Waals surface area contributed by atoms with E-state index in [0.717, 1.165) is 11.1 Å². The van der Waals surface area contributed by atoms with Crippen LogP contribution < -0.4 is 23.7 Å². The Morgan fingerprint density at radius 2 is 1.45 bits per heavy atom. The Morgan fingerprint density at radius 3 is 2.09 bits per heavy atom. The van der Waals surface area contributed by atoms with Crippen molar-refractivity contribution in [1.82, 2.24) is 5.16 Å². The highest BCUT2D eigenvalue weighted by atomic mass is 32.2. The smallest absolute Gasteiger partial charge is 0.270 e. The quantitative estimate of drug-likeness (QED) is 0.405. The van der Waals surface area contributed by atoms with Crippen molar-refractivity contribution in [2.24, 2.45) is 0 Å². The number of nitrogens with one attached hydrogen (secondary N) is 1. The average Bonchev–Trinajstić information content (AvgIpc) is 3.24. The van der Waals surface area contributed by atoms with Crippen molar-refractivity contribution < 1.29 is 31.9 Å². The number of anilines is 1. The van der Waals surface area contributed by atoms with Crippen LogP contribution in [-0.2, 0) is 10.0 Å². The lowest BCUT2D eigenvalue weighted by molar-refractivity contribution is 0.373. The van der Waals surface area contributed by atoms with Crippen molar-refractivity contribution in [3.05, 3.63) is 54.6 Å². The summed E-state index contributed by atoms with van der Waals surface area (Å²) in [6.07, 6.45) is 0. The van der Waals surface area contributed by atoms with Crippen LogP contribution >= 0.6 is 0 Å². The number of methoxy groups -OCH3 is 4. The van der Waals surface area contributed by atoms with E-state index in [1.165, 1.54) is 33.5 Å². The lowest BCUT2D eigenvalue weighted by Crippen LogP contribution is -2.15. The fourth-order valence-corrected chi connectivity index (χ4v) is 4.82. The van der Waals surface area contributed by atoms with Crippen molar-refractivity contribution in [3.63, 3.8) is 0 Å². The summed E-state index contributed by atoms with van der Waals surface area (Å²) >= 11 is 0. The molecule has 0 spiro atoms. The van der Waals surface area contributed by atoms with Gasteiger partial charge in [0, 0.05) is 0 Å². The molecule has 0 aliphatic rings. The molecule has 1 N–H and O–H groups in total. The fraction of sp³-hybridized carbons (Fsp3) is 0.174. The van der Waals surface area contributed by atoms with E-state index in [4.69, 9.17) is 23.5 Å². The van der Waals surface area contributed by atoms with Gasteiger partial charge >= 0.3 is 0 Å². The van der Waals surface area contributed by atoms with Crippen molar-refractivity contribution in [2.75, 3.05) is 33.2 Å². The molecule has 0 amide bonds. The Labute approximate surface area is 190 Å². The summed E-state index contributed by atoms with van der Waals surface area (Å²) in [6, 6.07) is 15.7. The maximum absolute atomic E-state index is 13.3. The molecule has 0 saturated heterocycles. The molecule has 3 aromatic carbocycles. The van der Waals surface area contributed by atoms with Crippen LogP contribution in [0.2, 0.25) is 0 Å². The van der Waals surface area contributed by atoms with Gasteiger partial charge in [-0.15, -0.1) is 0 Å². The number of rotatable bonds is 8. The zero-order chi connectivity index (χ0) is 23.6. The number of fused-ring (bicyclic) bond motifs is 1. The summed E-state index contributed by atoms with van der Waals surface area (Å²) in [4.78, 5) is -0.155. The number of aromatic nitrogens is 1. The maximum Gasteiger partial charge on any atom is 0.270 e. The summed E-state index contributed by atoms with van der Waals surface area (Å²) < 4.78 is 55.7. The van der Waals surface area contributed by atoms with Crippen LogP contribution in [0.25, 0.3) is 22.1 Å². The van der Waals surface area contributed by atoms with Crippen LogP contribution in [0, 0.1) is 0 Å². The monoisotopic (exact) mass is 470 g/mol. The van der Waals surface area contributed by atoms with E-state index >= 15 is 0 Å². The van der Waals surface area contributed by atoms with Gasteiger partial charge < -0.3 is 23.5 Å². The molecule has 0 unspecified atom stereocenters. The molecule has 0 fully saturated rings. The predicted octanol–water partition coefficient (Wildman–Crippen LogP) is 4.33. The number of hydrogen-bond donors (Lipinski definition) is 1. The molecule has 172 valence electrons. The zero-order valence-electron chi connectivity index (χ0n) is 18.4. The van der Waals surface area contributed by atoms with E-state index < -0.39 is 10.0 Å². The Morgan fingerprint density at radius 1 is 0.788 bits per heavy atom. The normalized spacial score (nSPS) is 11.3. The molecule has 1 aromatic heterocycles. The lowest BCUT2D eigenvalue weighted by atomic mass is 10.0. The SMILES string of the molecule is COc1cccc(-c2cc(OC)c3c(NS(=O)(=O)c4c(OC)cccc4OC)noc3c2)c1. The summed E-state index contributed by atoms with van der Waals surface area (Å²) in [5.41, 5.74) is 2.00. The number of sulfonamides is 1. The number of hydrogen-bond acceptors (Lipinski definition) is 8. The van der Waals surface area contributed by atoms with E-state index in [1.807, 2.05) is 24.3 Å². The third-order valence-corrected chi connectivity index (χ3v) is 6.45. The predicted molar refractivity (Wildman–Crippen MR) is 123 cm³/mol. The molecule has 0 aliphatic heterocycles. The topological polar surface area (TPSA) is 109 Å². The third-order valence-electron chi connectivity index (χ3n) is 5.04. The van der Waals surface area contributed by atoms with Gasteiger partial charge in [-0.05, 0) is 47.5 Å². The van der Waals surface area contributed by atoms with E-state index in [-0.39, 0.29) is 22.2 Å². The van der Waals surface area contributed by atoms with Crippen LogP contribution in [0.3, 0.4) is 0 Å². The largest absolute Gasteiger partial charge is 0.497 e. The number of ether oxygens (including phenoxy) is 4. The Balaban J connectivity index is 1.80. The summed E-state index contributed by atoms with van der Waals surface area (Å²) in [5, 5.41) is 4.32. The number of nitrogens with zero attached hydrogens (tertiary/aromatic N) is 1. The van der Waals surface area contributed by atoms with E-state index in [9.17, 15) is 8.42 Å². The molecule has 4 rings (SSSR count). The second-order valence-corrected chi connectivity index (χ2v) is 8.53. The van der Waals surface area contributed by atoms with Gasteiger partial charge in [0.25, 0.3) is 10.0 Å². The molecule has 33 heavy (non-hydrogen) atoms. The first-order chi connectivity index (χ1) is 15.9. The second-order valence-electron chi connectivity index (χ2n) is 6.91. The molecular formula is C23H22N2O7S. The van der Waals surface area contributed by atoms with Gasteiger partial charge in [-0.1, -0.05) is 23.4 Å². The lowest BCUT2D eigenvalue weighted by Gasteiger charge is -2.14. The van der Waals surface area contributed by atoms with Crippen molar-refractivity contribution in [2.45, 2.75) is 4.90 Å². The standard InChI is InChI=1S/C23H22N2O7S/c1-28-16-8-5-7-14(11-16)15-12-19(31-4)21-20(13-15)32-24-23(21)25-33(26,27)22-17(29-2)9-6-10-18(22)30-3/h5-13H,1-4H3,(H,24,25). The van der Waals surface area contributed by atoms with Crippen LogP contribution in [0.4, 0.5) is 5.82 Å². The molecular weight excluding hydrogens is 448 g/mol. The molecule has 10 heteroatoms. The Hall–Kier alpha value is -3.92. The van der Waals surface area contributed by atoms with Crippen molar-refractivity contribution in [1.29, 1.82) is 0 Å². The van der Waals surface area contributed by atoms with Gasteiger partial charge in [0.1, 0.15) is 28.4 Å². The van der Waals surface area contributed by atoms with Crippen LogP contribution in [0.1, 0.15) is 0 Å². The average molecular weight is 471 g/mol. The fourth-order valence-electron chi connectivity index (χ4n) is 3.50. The van der Waals surface area contributed by atoms with Crippen LogP contribution in [0.15, 0.2) is 64.0 Å². The van der Waals surface area contributed by atoms with E-state index in [2.05, 4.69) is 9.88 Å². The Kier molecular flexibility index (Phi) is 6.01. The summed E-state index contributed by atoms with van der Waals surface area (Å²) in [6.45, 7) is 0. The van der Waals surface area contributed by atoms with Crippen molar-refractivity contribution in [3.8, 4) is 34.1 Å². The third kappa shape index (κ3) is 4.12. The molecule has 0 bridgehead atoms. The van der Waals surface area contributed by atoms with E-state index in [1.54, 1.807) is 25.3 Å². The van der Waals surface area contributed by atoms with Gasteiger partial charge in [-0.25, -0.2) is 8.42 Å². The summed E-state index contributed by atoms with van der Waals surface area (Å²) in [7, 11) is 1.68. The van der Waals surface area contributed by atoms with Gasteiger partial charge in [0.05, 0.1) is 28.4 Å². The molecule has 4 aromatic rings. The molecule has 0 aliphatic carbocycles. The van der Waals surface area contributed by atoms with Crippen LogP contribution in [-0.4, -0.2) is 42.0 Å². The Bertz CT molecular complexity index is 1390. The maximum atomic E-state index is 13.3. The molecule has 0 atom stereocenters. The van der Waals surface area contributed by atoms with Gasteiger partial charge in [-0.3, -0.25) is 4.72 Å². The first kappa shape index (κ1) is 22.3. The van der Waals surface area contributed by atoms with Gasteiger partial charge in [0.2, 0.25) is 0 Å². The zero-order valence-corrected chi connectivity index (χ0v) is 19.2. The highest BCUT2D eigenvalue weighted by molar-refractivity contribution is 7.93. The molecule has 9 nitrogen and oxygen atoms in total. The summed E-state index contributed by atoms with van der Waals surface area (Å²) in [5.74, 6) is 1.32. The second kappa shape index (κ2) is 8.91. The molecule has 0 saturated carbocycles. The first-order valence-corrected chi connectivity index (χ1v) is 11.3. The van der Waals surface area contributed by atoms with Gasteiger partial charge in [0.15, 0.2) is 16.3 Å². The van der Waals surface area contributed by atoms with Gasteiger partial charge in [-0.2, -0.15) is 0 Å². The molecule has 1 heterocycles.